The molecule has 0 amide bonds. The van der Waals surface area contributed by atoms with Crippen LogP contribution in [0.2, 0.25) is 0 Å². The number of benzene rings is 1. The Morgan fingerprint density at radius 1 is 1.29 bits per heavy atom. The van der Waals surface area contributed by atoms with Gasteiger partial charge in [0.05, 0.1) is 19.8 Å². The van der Waals surface area contributed by atoms with Crippen molar-refractivity contribution in [3.63, 3.8) is 0 Å². The van der Waals surface area contributed by atoms with E-state index in [4.69, 9.17) is 14.2 Å². The summed E-state index contributed by atoms with van der Waals surface area (Å²) in [5.41, 5.74) is 1.18. The van der Waals surface area contributed by atoms with Gasteiger partial charge in [0.2, 0.25) is 0 Å². The van der Waals surface area contributed by atoms with Gasteiger partial charge in [0.25, 0.3) is 0 Å². The second kappa shape index (κ2) is 7.11. The molecule has 2 atom stereocenters. The summed E-state index contributed by atoms with van der Waals surface area (Å²) in [5.74, 6) is 0. The van der Waals surface area contributed by atoms with E-state index in [1.54, 1.807) is 0 Å². The van der Waals surface area contributed by atoms with Crippen LogP contribution in [0.15, 0.2) is 30.3 Å². The zero-order valence-electron chi connectivity index (χ0n) is 9.68. The van der Waals surface area contributed by atoms with Gasteiger partial charge in [0.15, 0.2) is 6.29 Å². The Labute approximate surface area is 110 Å². The summed E-state index contributed by atoms with van der Waals surface area (Å²) in [6.07, 6.45) is 0.886. The Bertz CT molecular complexity index is 318. The third kappa shape index (κ3) is 4.39. The minimum absolute atomic E-state index is 0.0697. The Morgan fingerprint density at radius 3 is 2.88 bits per heavy atom. The van der Waals surface area contributed by atoms with Crippen molar-refractivity contribution >= 4 is 15.9 Å². The molecular weight excluding hydrogens is 284 g/mol. The fourth-order valence-electron chi connectivity index (χ4n) is 1.72. The molecule has 0 spiro atoms. The first-order valence-corrected chi connectivity index (χ1v) is 6.95. The number of hydrogen-bond donors (Lipinski definition) is 0. The average molecular weight is 301 g/mol. The quantitative estimate of drug-likeness (QED) is 0.756. The van der Waals surface area contributed by atoms with Crippen LogP contribution >= 0.6 is 15.9 Å². The van der Waals surface area contributed by atoms with Gasteiger partial charge in [0.1, 0.15) is 6.10 Å². The highest BCUT2D eigenvalue weighted by atomic mass is 79.9. The van der Waals surface area contributed by atoms with Crippen molar-refractivity contribution in [2.75, 3.05) is 18.5 Å². The molecule has 0 saturated carbocycles. The lowest BCUT2D eigenvalue weighted by Crippen LogP contribution is -2.19. The van der Waals surface area contributed by atoms with Crippen LogP contribution in [-0.2, 0) is 20.8 Å². The summed E-state index contributed by atoms with van der Waals surface area (Å²) in [5, 5.41) is 0.898. The Morgan fingerprint density at radius 2 is 2.12 bits per heavy atom. The molecule has 1 fully saturated rings. The van der Waals surface area contributed by atoms with Crippen LogP contribution in [0.5, 0.6) is 0 Å². The fraction of sp³-hybridized carbons (Fsp3) is 0.538. The van der Waals surface area contributed by atoms with Gasteiger partial charge in [-0.25, -0.2) is 0 Å². The molecule has 4 heteroatoms. The van der Waals surface area contributed by atoms with Gasteiger partial charge >= 0.3 is 0 Å². The first-order valence-electron chi connectivity index (χ1n) is 5.83. The van der Waals surface area contributed by atoms with E-state index in [2.05, 4.69) is 28.1 Å². The van der Waals surface area contributed by atoms with Crippen LogP contribution in [0.3, 0.4) is 0 Å². The third-order valence-electron chi connectivity index (χ3n) is 2.57. The number of alkyl halides is 1. The lowest BCUT2D eigenvalue weighted by Gasteiger charge is -2.10. The molecule has 0 aliphatic carbocycles. The maximum Gasteiger partial charge on any atom is 0.159 e. The molecule has 1 aliphatic heterocycles. The van der Waals surface area contributed by atoms with E-state index in [0.29, 0.717) is 19.8 Å². The molecule has 0 N–H and O–H groups in total. The fourth-order valence-corrected chi connectivity index (χ4v) is 2.09. The van der Waals surface area contributed by atoms with E-state index in [-0.39, 0.29) is 12.4 Å². The zero-order chi connectivity index (χ0) is 11.9. The highest BCUT2D eigenvalue weighted by Gasteiger charge is 2.25. The van der Waals surface area contributed by atoms with Crippen molar-refractivity contribution in [1.29, 1.82) is 0 Å². The summed E-state index contributed by atoms with van der Waals surface area (Å²) >= 11 is 3.37. The summed E-state index contributed by atoms with van der Waals surface area (Å²) in [6.45, 7) is 1.85. The van der Waals surface area contributed by atoms with Gasteiger partial charge in [-0.15, -0.1) is 0 Å². The molecular formula is C13H17BrO3. The van der Waals surface area contributed by atoms with E-state index in [1.165, 1.54) is 5.56 Å². The molecule has 1 aromatic carbocycles. The second-order valence-corrected chi connectivity index (χ2v) is 4.79. The van der Waals surface area contributed by atoms with Crippen LogP contribution in [0.1, 0.15) is 12.0 Å². The lowest BCUT2D eigenvalue weighted by atomic mass is 10.2. The number of hydrogen-bond acceptors (Lipinski definition) is 3. The molecule has 94 valence electrons. The predicted octanol–water partition coefficient (Wildman–Crippen LogP) is 2.73. The topological polar surface area (TPSA) is 27.7 Å². The largest absolute Gasteiger partial charge is 0.374 e. The normalized spacial score (nSPS) is 24.1. The molecule has 3 nitrogen and oxygen atoms in total. The van der Waals surface area contributed by atoms with Crippen molar-refractivity contribution in [2.45, 2.75) is 25.4 Å². The Kier molecular flexibility index (Phi) is 5.45. The van der Waals surface area contributed by atoms with Gasteiger partial charge in [-0.3, -0.25) is 0 Å². The summed E-state index contributed by atoms with van der Waals surface area (Å²) in [4.78, 5) is 0. The molecule has 1 aromatic rings. The smallest absolute Gasteiger partial charge is 0.159 e. The predicted molar refractivity (Wildman–Crippen MR) is 69.1 cm³/mol. The molecule has 2 rings (SSSR count). The third-order valence-corrected chi connectivity index (χ3v) is 3.03. The highest BCUT2D eigenvalue weighted by molar-refractivity contribution is 9.09. The molecule has 1 saturated heterocycles. The zero-order valence-corrected chi connectivity index (χ0v) is 11.3. The van der Waals surface area contributed by atoms with Crippen LogP contribution in [0, 0.1) is 0 Å². The maximum absolute atomic E-state index is 5.66. The summed E-state index contributed by atoms with van der Waals surface area (Å²) in [6, 6.07) is 10.1. The molecule has 1 aliphatic rings. The van der Waals surface area contributed by atoms with E-state index in [1.807, 2.05) is 18.2 Å². The molecule has 17 heavy (non-hydrogen) atoms. The van der Waals surface area contributed by atoms with Gasteiger partial charge in [0, 0.05) is 11.8 Å². The van der Waals surface area contributed by atoms with E-state index in [9.17, 15) is 0 Å². The number of ether oxygens (including phenoxy) is 3. The molecule has 0 unspecified atom stereocenters. The van der Waals surface area contributed by atoms with E-state index < -0.39 is 0 Å². The van der Waals surface area contributed by atoms with Crippen molar-refractivity contribution in [1.82, 2.24) is 0 Å². The van der Waals surface area contributed by atoms with E-state index in [0.717, 1.165) is 11.8 Å². The van der Waals surface area contributed by atoms with Crippen LogP contribution in [0.25, 0.3) is 0 Å². The minimum atomic E-state index is -0.0697. The maximum atomic E-state index is 5.66. The first kappa shape index (κ1) is 13.0. The average Bonchev–Trinajstić information content (AvgIpc) is 2.79. The summed E-state index contributed by atoms with van der Waals surface area (Å²) in [7, 11) is 0. The Balaban J connectivity index is 1.63. The molecule has 0 bridgehead atoms. The van der Waals surface area contributed by atoms with Gasteiger partial charge in [-0.2, -0.15) is 0 Å². The SMILES string of the molecule is BrCC[C@H]1OC[C@H](COCc2ccccc2)O1. The molecule has 0 aromatic heterocycles. The van der Waals surface area contributed by atoms with Crippen molar-refractivity contribution in [3.05, 3.63) is 35.9 Å². The second-order valence-electron chi connectivity index (χ2n) is 4.00. The highest BCUT2D eigenvalue weighted by Crippen LogP contribution is 2.16. The van der Waals surface area contributed by atoms with Gasteiger partial charge in [-0.1, -0.05) is 46.3 Å². The standard InChI is InChI=1S/C13H17BrO3/c14-7-6-13-16-10-12(17-13)9-15-8-11-4-2-1-3-5-11/h1-5,12-13H,6-10H2/t12-,13-/m0/s1. The molecule has 1 heterocycles. The minimum Gasteiger partial charge on any atom is -0.374 e. The number of rotatable bonds is 6. The van der Waals surface area contributed by atoms with Gasteiger partial charge < -0.3 is 14.2 Å². The Hall–Kier alpha value is -0.420. The lowest BCUT2D eigenvalue weighted by molar-refractivity contribution is -0.0726. The first-order chi connectivity index (χ1) is 8.38. The van der Waals surface area contributed by atoms with Crippen LogP contribution in [0.4, 0.5) is 0 Å². The number of halogens is 1. The monoisotopic (exact) mass is 300 g/mol. The van der Waals surface area contributed by atoms with Crippen LogP contribution in [-0.4, -0.2) is 30.9 Å². The van der Waals surface area contributed by atoms with E-state index >= 15 is 0 Å². The molecule has 0 radical (unpaired) electrons. The van der Waals surface area contributed by atoms with Gasteiger partial charge in [-0.05, 0) is 5.56 Å². The van der Waals surface area contributed by atoms with Crippen molar-refractivity contribution in [3.8, 4) is 0 Å². The van der Waals surface area contributed by atoms with Crippen molar-refractivity contribution < 1.29 is 14.2 Å². The van der Waals surface area contributed by atoms with Crippen LogP contribution < -0.4 is 0 Å². The summed E-state index contributed by atoms with van der Waals surface area (Å²) < 4.78 is 16.8. The van der Waals surface area contributed by atoms with Crippen molar-refractivity contribution in [2.24, 2.45) is 0 Å².